The van der Waals surface area contributed by atoms with E-state index in [0.717, 1.165) is 6.54 Å². The fraction of sp³-hybridized carbons (Fsp3) is 0.148. The molecular formula is C27H24NS2+. The lowest BCUT2D eigenvalue weighted by Gasteiger charge is -2.11. The van der Waals surface area contributed by atoms with E-state index < -0.39 is 0 Å². The molecule has 0 unspecified atom stereocenters. The van der Waals surface area contributed by atoms with Gasteiger partial charge in [0.25, 0.3) is 0 Å². The van der Waals surface area contributed by atoms with E-state index in [1.807, 2.05) is 22.7 Å². The lowest BCUT2D eigenvalue weighted by Crippen LogP contribution is -2.38. The fourth-order valence-corrected chi connectivity index (χ4v) is 5.56. The van der Waals surface area contributed by atoms with E-state index in [0.29, 0.717) is 0 Å². The Morgan fingerprint density at radius 3 is 1.97 bits per heavy atom. The Labute approximate surface area is 186 Å². The van der Waals surface area contributed by atoms with Gasteiger partial charge in [0.1, 0.15) is 6.54 Å². The molecule has 3 aromatic heterocycles. The van der Waals surface area contributed by atoms with E-state index in [1.54, 1.807) is 0 Å². The third-order valence-electron chi connectivity index (χ3n) is 5.55. The highest BCUT2D eigenvalue weighted by molar-refractivity contribution is 7.13. The SMILES string of the molecule is CCCC[n+]1c(-c2cccs2)cc(-c2ccc3cccccc2-3)cc1-c1cccs1. The van der Waals surface area contributed by atoms with Gasteiger partial charge < -0.3 is 0 Å². The Hall–Kier alpha value is -2.75. The summed E-state index contributed by atoms with van der Waals surface area (Å²) in [6.45, 7) is 3.30. The maximum Gasteiger partial charge on any atom is 0.223 e. The molecule has 0 saturated heterocycles. The lowest BCUT2D eigenvalue weighted by atomic mass is 10.0. The van der Waals surface area contributed by atoms with Crippen molar-refractivity contribution in [2.45, 2.75) is 26.3 Å². The summed E-state index contributed by atoms with van der Waals surface area (Å²) >= 11 is 3.64. The molecule has 3 heterocycles. The van der Waals surface area contributed by atoms with Gasteiger partial charge in [-0.05, 0) is 45.1 Å². The predicted molar refractivity (Wildman–Crippen MR) is 130 cm³/mol. The molecule has 0 fully saturated rings. The number of unbranched alkanes of at least 4 members (excludes halogenated alkanes) is 1. The van der Waals surface area contributed by atoms with Crippen LogP contribution >= 0.6 is 22.7 Å². The molecule has 0 radical (unpaired) electrons. The van der Waals surface area contributed by atoms with Crippen LogP contribution < -0.4 is 4.57 Å². The number of rotatable bonds is 6. The molecule has 0 aromatic carbocycles. The topological polar surface area (TPSA) is 3.88 Å². The second-order valence-corrected chi connectivity index (χ2v) is 9.40. The van der Waals surface area contributed by atoms with Crippen molar-refractivity contribution in [3.8, 4) is 43.4 Å². The first-order valence-electron chi connectivity index (χ1n) is 10.5. The van der Waals surface area contributed by atoms with E-state index in [1.165, 1.54) is 56.2 Å². The molecule has 5 rings (SSSR count). The summed E-state index contributed by atoms with van der Waals surface area (Å²) < 4.78 is 2.52. The van der Waals surface area contributed by atoms with Gasteiger partial charge in [0.05, 0.1) is 9.75 Å². The number of aromatic nitrogens is 1. The van der Waals surface area contributed by atoms with Gasteiger partial charge in [0.15, 0.2) is 0 Å². The lowest BCUT2D eigenvalue weighted by molar-refractivity contribution is -0.675. The maximum atomic E-state index is 2.52. The van der Waals surface area contributed by atoms with Crippen molar-refractivity contribution in [1.29, 1.82) is 0 Å². The highest BCUT2D eigenvalue weighted by Gasteiger charge is 2.24. The van der Waals surface area contributed by atoms with Crippen LogP contribution in [0.4, 0.5) is 0 Å². The molecule has 2 aliphatic rings. The fourth-order valence-electron chi connectivity index (χ4n) is 4.06. The van der Waals surface area contributed by atoms with E-state index in [4.69, 9.17) is 0 Å². The zero-order valence-corrected chi connectivity index (χ0v) is 18.7. The number of fused-ring (bicyclic) bond motifs is 1. The Balaban J connectivity index is 1.77. The van der Waals surface area contributed by atoms with Crippen LogP contribution in [0.15, 0.2) is 89.6 Å². The van der Waals surface area contributed by atoms with Gasteiger partial charge in [0, 0.05) is 18.6 Å². The van der Waals surface area contributed by atoms with Crippen LogP contribution in [0.3, 0.4) is 0 Å². The number of nitrogens with zero attached hydrogens (tertiary/aromatic N) is 1. The Morgan fingerprint density at radius 2 is 1.33 bits per heavy atom. The van der Waals surface area contributed by atoms with Gasteiger partial charge in [-0.3, -0.25) is 0 Å². The monoisotopic (exact) mass is 426 g/mol. The molecule has 0 N–H and O–H groups in total. The zero-order chi connectivity index (χ0) is 20.3. The average Bonchev–Trinajstić information content (AvgIpc) is 3.52. The average molecular weight is 427 g/mol. The van der Waals surface area contributed by atoms with Crippen LogP contribution in [0.1, 0.15) is 19.8 Å². The molecule has 0 atom stereocenters. The van der Waals surface area contributed by atoms with Gasteiger partial charge in [-0.25, -0.2) is 0 Å². The zero-order valence-electron chi connectivity index (χ0n) is 17.0. The first kappa shape index (κ1) is 19.2. The van der Waals surface area contributed by atoms with E-state index in [2.05, 4.69) is 101 Å². The van der Waals surface area contributed by atoms with E-state index in [-0.39, 0.29) is 0 Å². The van der Waals surface area contributed by atoms with Crippen LogP contribution in [-0.2, 0) is 6.54 Å². The molecule has 3 heteroatoms. The van der Waals surface area contributed by atoms with Crippen molar-refractivity contribution < 1.29 is 4.57 Å². The van der Waals surface area contributed by atoms with Gasteiger partial charge in [-0.2, -0.15) is 4.57 Å². The molecule has 148 valence electrons. The van der Waals surface area contributed by atoms with Gasteiger partial charge in [-0.15, -0.1) is 22.7 Å². The Bertz CT molecular complexity index is 1160. The van der Waals surface area contributed by atoms with Crippen molar-refractivity contribution in [3.05, 3.63) is 89.6 Å². The maximum absolute atomic E-state index is 2.52. The summed E-state index contributed by atoms with van der Waals surface area (Å²) in [4.78, 5) is 2.65. The minimum atomic E-state index is 1.04. The summed E-state index contributed by atoms with van der Waals surface area (Å²) in [5.41, 5.74) is 7.81. The number of thiophene rings is 2. The smallest absolute Gasteiger partial charge is 0.190 e. The van der Waals surface area contributed by atoms with Crippen LogP contribution in [0, 0.1) is 0 Å². The van der Waals surface area contributed by atoms with Crippen LogP contribution in [0.25, 0.3) is 43.4 Å². The van der Waals surface area contributed by atoms with E-state index in [9.17, 15) is 0 Å². The molecular weight excluding hydrogens is 402 g/mol. The van der Waals surface area contributed by atoms with Crippen molar-refractivity contribution >= 4 is 22.7 Å². The predicted octanol–water partition coefficient (Wildman–Crippen LogP) is 8.00. The van der Waals surface area contributed by atoms with Gasteiger partial charge in [-0.1, -0.05) is 67.9 Å². The number of hydrogen-bond acceptors (Lipinski definition) is 2. The Morgan fingerprint density at radius 1 is 0.667 bits per heavy atom. The third-order valence-corrected chi connectivity index (χ3v) is 7.34. The first-order valence-corrected chi connectivity index (χ1v) is 12.2. The second kappa shape index (κ2) is 8.55. The highest BCUT2D eigenvalue weighted by Crippen LogP contribution is 2.38. The molecule has 0 bridgehead atoms. The van der Waals surface area contributed by atoms with Crippen molar-refractivity contribution in [3.63, 3.8) is 0 Å². The summed E-state index contributed by atoms with van der Waals surface area (Å²) in [6.07, 6.45) is 2.36. The molecule has 3 aromatic rings. The molecule has 0 spiro atoms. The van der Waals surface area contributed by atoms with Crippen LogP contribution in [0.5, 0.6) is 0 Å². The second-order valence-electron chi connectivity index (χ2n) is 7.50. The minimum absolute atomic E-state index is 1.04. The molecule has 2 aliphatic carbocycles. The first-order chi connectivity index (χ1) is 14.8. The summed E-state index contributed by atoms with van der Waals surface area (Å²) in [7, 11) is 0. The van der Waals surface area contributed by atoms with Crippen molar-refractivity contribution in [2.75, 3.05) is 0 Å². The van der Waals surface area contributed by atoms with Crippen LogP contribution in [0.2, 0.25) is 0 Å². The van der Waals surface area contributed by atoms with E-state index >= 15 is 0 Å². The molecule has 30 heavy (non-hydrogen) atoms. The summed E-state index contributed by atoms with van der Waals surface area (Å²) in [5, 5.41) is 4.35. The Kier molecular flexibility index (Phi) is 5.48. The van der Waals surface area contributed by atoms with Crippen molar-refractivity contribution in [2.24, 2.45) is 0 Å². The normalized spacial score (nSPS) is 11.2. The minimum Gasteiger partial charge on any atom is -0.190 e. The van der Waals surface area contributed by atoms with Gasteiger partial charge >= 0.3 is 0 Å². The molecule has 0 amide bonds. The highest BCUT2D eigenvalue weighted by atomic mass is 32.1. The molecule has 1 nitrogen and oxygen atoms in total. The summed E-state index contributed by atoms with van der Waals surface area (Å²) in [5.74, 6) is 0. The van der Waals surface area contributed by atoms with Crippen molar-refractivity contribution in [1.82, 2.24) is 0 Å². The van der Waals surface area contributed by atoms with Gasteiger partial charge in [0.2, 0.25) is 11.4 Å². The van der Waals surface area contributed by atoms with Crippen LogP contribution in [-0.4, -0.2) is 0 Å². The summed E-state index contributed by atoms with van der Waals surface area (Å²) in [6, 6.07) is 28.9. The molecule has 0 saturated carbocycles. The molecule has 0 aliphatic heterocycles. The third kappa shape index (κ3) is 3.60. The quantitative estimate of drug-likeness (QED) is 0.242. The number of pyridine rings is 1. The number of hydrogen-bond donors (Lipinski definition) is 0. The standard InChI is InChI=1S/C27H24NS2/c1-2-3-15-28-24(26-11-7-16-29-26)18-21(19-25(28)27-12-8-17-30-27)23-14-13-20-9-5-4-6-10-22(20)23/h4-14,16-19H,2-3,15H2,1H3/q+1. The largest absolute Gasteiger partial charge is 0.223 e.